The molecule has 7 unspecified atom stereocenters. The Hall–Kier alpha value is -5.66. The fourth-order valence-corrected chi connectivity index (χ4v) is 10.0. The number of hydrogen-bond donors (Lipinski definition) is 3. The Labute approximate surface area is 381 Å². The fraction of sp³-hybridized carbons (Fsp3) is 0.565. The molecule has 20 heteroatoms. The zero-order chi connectivity index (χ0) is 48.0. The van der Waals surface area contributed by atoms with Crippen molar-refractivity contribution in [2.45, 2.75) is 126 Å². The molecule has 4 heterocycles. The second kappa shape index (κ2) is 18.2. The van der Waals surface area contributed by atoms with Crippen molar-refractivity contribution >= 4 is 44.6 Å². The number of methoxy groups -OCH3 is 2. The largest absolute Gasteiger partial charge is 0.497 e. The Kier molecular flexibility index (Phi) is 13.3. The molecule has 3 aromatic rings. The molecule has 1 saturated heterocycles. The average molecular weight is 943 g/mol. The second-order valence-corrected chi connectivity index (χ2v) is 20.8. The van der Waals surface area contributed by atoms with Gasteiger partial charge in [-0.05, 0) is 95.4 Å². The van der Waals surface area contributed by atoms with E-state index >= 15 is 4.79 Å². The Morgan fingerprint density at radius 2 is 1.76 bits per heavy atom. The maximum Gasteiger partial charge on any atom is 0.427 e. The molecular formula is C46H57F3N6O10S. The van der Waals surface area contributed by atoms with Crippen molar-refractivity contribution < 1.29 is 59.7 Å². The van der Waals surface area contributed by atoms with Gasteiger partial charge in [0.2, 0.25) is 39.2 Å². The number of amides is 4. The van der Waals surface area contributed by atoms with Gasteiger partial charge in [0.1, 0.15) is 29.5 Å². The minimum absolute atomic E-state index is 0.0546. The molecule has 2 aliphatic carbocycles. The Morgan fingerprint density at radius 1 is 1.02 bits per heavy atom. The van der Waals surface area contributed by atoms with Crippen LogP contribution < -0.4 is 29.6 Å². The number of alkyl carbamates (subject to hydrolysis) is 1. The highest BCUT2D eigenvalue weighted by molar-refractivity contribution is 7.91. The van der Waals surface area contributed by atoms with Crippen molar-refractivity contribution in [3.05, 3.63) is 54.9 Å². The van der Waals surface area contributed by atoms with E-state index in [2.05, 4.69) is 25.3 Å². The topological polar surface area (TPSA) is 204 Å². The normalized spacial score (nSPS) is 26.7. The van der Waals surface area contributed by atoms with Gasteiger partial charge in [-0.1, -0.05) is 32.4 Å². The summed E-state index contributed by atoms with van der Waals surface area (Å²) in [5.74, 6) is -2.63. The smallest absolute Gasteiger partial charge is 0.427 e. The Bertz CT molecular complexity index is 2500. The van der Waals surface area contributed by atoms with Crippen LogP contribution in [0.15, 0.2) is 54.9 Å². The van der Waals surface area contributed by atoms with E-state index in [0.29, 0.717) is 85.9 Å². The number of pyridine rings is 2. The summed E-state index contributed by atoms with van der Waals surface area (Å²) in [6.07, 6.45) is 2.03. The van der Waals surface area contributed by atoms with Gasteiger partial charge in [-0.25, -0.2) is 23.2 Å². The first-order chi connectivity index (χ1) is 31.0. The van der Waals surface area contributed by atoms with Crippen molar-refractivity contribution in [3.8, 4) is 28.6 Å². The van der Waals surface area contributed by atoms with Gasteiger partial charge in [-0.2, -0.15) is 13.2 Å². The molecule has 2 saturated carbocycles. The zero-order valence-corrected chi connectivity index (χ0v) is 38.8. The third-order valence-corrected chi connectivity index (χ3v) is 15.7. The number of halogens is 3. The first-order valence-corrected chi connectivity index (χ1v) is 23.6. The Balaban J connectivity index is 1.26. The quantitative estimate of drug-likeness (QED) is 0.180. The van der Waals surface area contributed by atoms with Crippen LogP contribution in [-0.2, 0) is 29.1 Å². The predicted molar refractivity (Wildman–Crippen MR) is 236 cm³/mol. The molecule has 0 spiro atoms. The minimum atomic E-state index is -4.93. The van der Waals surface area contributed by atoms with Crippen LogP contribution in [0.25, 0.3) is 21.9 Å². The number of fused-ring (bicyclic) bond motifs is 3. The van der Waals surface area contributed by atoms with E-state index in [1.165, 1.54) is 26.0 Å². The van der Waals surface area contributed by atoms with Crippen LogP contribution in [0, 0.1) is 17.8 Å². The van der Waals surface area contributed by atoms with E-state index < -0.39 is 85.9 Å². The van der Waals surface area contributed by atoms with Crippen LogP contribution >= 0.6 is 0 Å². The molecule has 7 rings (SSSR count). The monoisotopic (exact) mass is 942 g/mol. The maximum absolute atomic E-state index is 15.1. The molecule has 3 N–H and O–H groups in total. The zero-order valence-electron chi connectivity index (χ0n) is 38.0. The summed E-state index contributed by atoms with van der Waals surface area (Å²) in [6, 6.07) is 5.98. The van der Waals surface area contributed by atoms with Crippen molar-refractivity contribution in [1.29, 1.82) is 0 Å². The lowest BCUT2D eigenvalue weighted by Gasteiger charge is -2.35. The van der Waals surface area contributed by atoms with E-state index in [0.717, 1.165) is 0 Å². The van der Waals surface area contributed by atoms with Crippen LogP contribution in [-0.4, -0.2) is 108 Å². The van der Waals surface area contributed by atoms with Gasteiger partial charge in [0.15, 0.2) is 0 Å². The number of carbonyl (C=O) groups is 4. The number of benzene rings is 1. The van der Waals surface area contributed by atoms with Crippen LogP contribution in [0.2, 0.25) is 0 Å². The van der Waals surface area contributed by atoms with Gasteiger partial charge in [0.05, 0.1) is 25.5 Å². The molecule has 66 heavy (non-hydrogen) atoms. The fourth-order valence-electron chi connectivity index (χ4n) is 8.73. The summed E-state index contributed by atoms with van der Waals surface area (Å²) in [5, 5.41) is 6.49. The van der Waals surface area contributed by atoms with Gasteiger partial charge >= 0.3 is 12.3 Å². The van der Waals surface area contributed by atoms with Crippen molar-refractivity contribution in [3.63, 3.8) is 0 Å². The first kappa shape index (κ1) is 48.3. The van der Waals surface area contributed by atoms with Gasteiger partial charge in [-0.15, -0.1) is 0 Å². The summed E-state index contributed by atoms with van der Waals surface area (Å²) in [7, 11) is -1.08. The molecule has 0 bridgehead atoms. The molecule has 1 aromatic carbocycles. The maximum atomic E-state index is 15.1. The number of alkyl halides is 3. The highest BCUT2D eigenvalue weighted by Gasteiger charge is 2.63. The number of aromatic nitrogens is 2. The lowest BCUT2D eigenvalue weighted by molar-refractivity contribution is -0.244. The number of sulfonamides is 1. The third-order valence-electron chi connectivity index (χ3n) is 13.5. The third kappa shape index (κ3) is 9.74. The molecule has 2 aromatic heterocycles. The van der Waals surface area contributed by atoms with Crippen molar-refractivity contribution in [2.75, 3.05) is 20.8 Å². The molecular weight excluding hydrogens is 886 g/mol. The number of hydrogen-bond acceptors (Lipinski definition) is 12. The summed E-state index contributed by atoms with van der Waals surface area (Å²) < 4.78 is 91.7. The summed E-state index contributed by atoms with van der Waals surface area (Å²) in [6.45, 7) is 6.43. The number of ether oxygens (including phenoxy) is 4. The minimum Gasteiger partial charge on any atom is -0.497 e. The molecule has 3 fully saturated rings. The molecule has 358 valence electrons. The van der Waals surface area contributed by atoms with E-state index in [4.69, 9.17) is 18.9 Å². The summed E-state index contributed by atoms with van der Waals surface area (Å²) in [4.78, 5) is 67.5. The Morgan fingerprint density at radius 3 is 2.39 bits per heavy atom. The number of nitrogens with one attached hydrogen (secondary N) is 3. The molecule has 2 aliphatic heterocycles. The van der Waals surface area contributed by atoms with Crippen LogP contribution in [0.5, 0.6) is 17.5 Å². The van der Waals surface area contributed by atoms with Crippen LogP contribution in [0.1, 0.15) is 86.0 Å². The number of allylic oxidation sites excluding steroid dienone is 1. The molecule has 4 aliphatic rings. The standard InChI is InChI=1S/C46H57F3N6O10S/c1-8-27-19-26(2)11-9-10-12-29-22-45(29,41(58)54-66(60,61)44(5)17-18-44)53-38(56)35-21-31(25-55(35)40(57)37(27)52-42(59)65-43(3,4)46(47,48)49)64-39-32-15-14-30(62-6)20-33(32)34(24-51-39)28-13-16-36(63-7)50-23-28/h10,12-16,20,23-24,26-27,29,31,35,37H,8-9,11,17-19,21-22,25H2,1-7H3,(H,52,59)(H,53,56)(H,54,58). The van der Waals surface area contributed by atoms with E-state index in [-0.39, 0.29) is 31.2 Å². The van der Waals surface area contributed by atoms with Gasteiger partial charge in [0.25, 0.3) is 5.91 Å². The second-order valence-electron chi connectivity index (χ2n) is 18.6. The molecule has 16 nitrogen and oxygen atoms in total. The van der Waals surface area contributed by atoms with Crippen molar-refractivity contribution in [2.24, 2.45) is 17.8 Å². The van der Waals surface area contributed by atoms with E-state index in [9.17, 15) is 36.0 Å². The first-order valence-electron chi connectivity index (χ1n) is 22.1. The molecule has 4 amide bonds. The SMILES string of the molecule is CCC1CC(C)CCC=CC2CC2(C(=O)NS(=O)(=O)C2(C)CC2)NC(=O)C2CC(Oc3ncc(-c4ccc(OC)nc4)c4cc(OC)ccc34)CN2C(=O)C1NC(=O)OC(C)(C)C(F)(F)F. The highest BCUT2D eigenvalue weighted by atomic mass is 32.2. The average Bonchev–Trinajstić information content (AvgIpc) is 4.15. The van der Waals surface area contributed by atoms with Crippen LogP contribution in [0.4, 0.5) is 18.0 Å². The van der Waals surface area contributed by atoms with Crippen molar-refractivity contribution in [1.82, 2.24) is 30.2 Å². The highest BCUT2D eigenvalue weighted by Crippen LogP contribution is 2.48. The summed E-state index contributed by atoms with van der Waals surface area (Å²) >= 11 is 0. The van der Waals surface area contributed by atoms with E-state index in [1.807, 2.05) is 19.1 Å². The van der Waals surface area contributed by atoms with Gasteiger partial charge in [0, 0.05) is 52.7 Å². The summed E-state index contributed by atoms with van der Waals surface area (Å²) in [5.41, 5.74) is -3.19. The predicted octanol–water partition coefficient (Wildman–Crippen LogP) is 6.37. The number of carbonyl (C=O) groups excluding carboxylic acids is 4. The molecule has 7 atom stereocenters. The van der Waals surface area contributed by atoms with Gasteiger partial charge < -0.3 is 34.5 Å². The molecule has 0 radical (unpaired) electrons. The van der Waals surface area contributed by atoms with Gasteiger partial charge in [-0.3, -0.25) is 19.1 Å². The van der Waals surface area contributed by atoms with E-state index in [1.54, 1.807) is 49.7 Å². The number of rotatable bonds is 11. The van der Waals surface area contributed by atoms with Crippen LogP contribution in [0.3, 0.4) is 0 Å². The lowest BCUT2D eigenvalue weighted by atomic mass is 9.85. The lowest BCUT2D eigenvalue weighted by Crippen LogP contribution is -2.60. The number of nitrogens with zero attached hydrogens (tertiary/aromatic N) is 3.